The number of hydrogen-bond donors (Lipinski definition) is 1. The van der Waals surface area contributed by atoms with E-state index < -0.39 is 0 Å². The lowest BCUT2D eigenvalue weighted by Gasteiger charge is -2.28. The molecule has 2 aromatic rings. The average Bonchev–Trinajstić information content (AvgIpc) is 3.17. The maximum atomic E-state index is 12.9. The number of hydrogen-bond acceptors (Lipinski definition) is 4. The Hall–Kier alpha value is -2.44. The number of nitrogens with one attached hydrogen (secondary N) is 1. The van der Waals surface area contributed by atoms with Gasteiger partial charge in [-0.15, -0.1) is 12.4 Å². The lowest BCUT2D eigenvalue weighted by Crippen LogP contribution is -2.42. The molecule has 1 atom stereocenters. The average molecular weight is 416 g/mol. The molecular formula is C22H26ClN3O3. The van der Waals surface area contributed by atoms with Gasteiger partial charge in [0, 0.05) is 48.6 Å². The Balaban J connectivity index is 0.00000240. The molecular weight excluding hydrogens is 390 g/mol. The Bertz CT molecular complexity index is 895. The van der Waals surface area contributed by atoms with Gasteiger partial charge in [0.25, 0.3) is 11.8 Å². The summed E-state index contributed by atoms with van der Waals surface area (Å²) in [5.41, 5.74) is 1.13. The standard InChI is InChI=1S/C22H25N3O3.ClH/c1-23-14-16-8-4-12-24(16)19(26)11-5-13-25-21(27)17-9-2-6-15-7-3-10-18(20(15)17)22(25)28;/h2-3,6-7,9-10,16,23H,4-5,8,11-14H2,1H3;1H. The molecule has 0 aromatic heterocycles. The molecule has 7 heteroatoms. The quantitative estimate of drug-likeness (QED) is 0.736. The van der Waals surface area contributed by atoms with Crippen LogP contribution in [0.5, 0.6) is 0 Å². The number of likely N-dealkylation sites (tertiary alicyclic amines) is 1. The maximum absolute atomic E-state index is 12.9. The fourth-order valence-corrected chi connectivity index (χ4v) is 4.43. The predicted octanol–water partition coefficient (Wildman–Crippen LogP) is 2.85. The lowest BCUT2D eigenvalue weighted by atomic mass is 9.94. The minimum Gasteiger partial charge on any atom is -0.338 e. The third-order valence-electron chi connectivity index (χ3n) is 5.77. The van der Waals surface area contributed by atoms with E-state index in [0.29, 0.717) is 24.0 Å². The zero-order chi connectivity index (χ0) is 19.7. The van der Waals surface area contributed by atoms with E-state index in [1.165, 1.54) is 4.90 Å². The molecule has 4 rings (SSSR count). The zero-order valence-corrected chi connectivity index (χ0v) is 17.3. The second kappa shape index (κ2) is 8.93. The monoisotopic (exact) mass is 415 g/mol. The number of amides is 3. The molecule has 3 amide bonds. The first kappa shape index (κ1) is 21.3. The van der Waals surface area contributed by atoms with Gasteiger partial charge in [0.1, 0.15) is 0 Å². The Morgan fingerprint density at radius 3 is 2.38 bits per heavy atom. The summed E-state index contributed by atoms with van der Waals surface area (Å²) in [6.07, 6.45) is 2.89. The third kappa shape index (κ3) is 3.87. The Kier molecular flexibility index (Phi) is 6.55. The SMILES string of the molecule is CNCC1CCCN1C(=O)CCCN1C(=O)c2cccc3cccc(c23)C1=O.Cl. The van der Waals surface area contributed by atoms with E-state index in [2.05, 4.69) is 5.32 Å². The molecule has 1 unspecified atom stereocenters. The molecule has 2 aromatic carbocycles. The summed E-state index contributed by atoms with van der Waals surface area (Å²) >= 11 is 0. The van der Waals surface area contributed by atoms with Gasteiger partial charge in [-0.3, -0.25) is 19.3 Å². The summed E-state index contributed by atoms with van der Waals surface area (Å²) in [6, 6.07) is 11.3. The molecule has 1 saturated heterocycles. The highest BCUT2D eigenvalue weighted by Crippen LogP contribution is 2.30. The molecule has 0 saturated carbocycles. The van der Waals surface area contributed by atoms with E-state index >= 15 is 0 Å². The van der Waals surface area contributed by atoms with Crippen LogP contribution in [0.2, 0.25) is 0 Å². The highest BCUT2D eigenvalue weighted by Gasteiger charge is 2.33. The van der Waals surface area contributed by atoms with Gasteiger partial charge < -0.3 is 10.2 Å². The molecule has 6 nitrogen and oxygen atoms in total. The van der Waals surface area contributed by atoms with Gasteiger partial charge in [0.15, 0.2) is 0 Å². The molecule has 2 aliphatic heterocycles. The number of rotatable bonds is 6. The van der Waals surface area contributed by atoms with Crippen molar-refractivity contribution in [2.75, 3.05) is 26.7 Å². The Morgan fingerprint density at radius 2 is 1.76 bits per heavy atom. The molecule has 0 spiro atoms. The van der Waals surface area contributed by atoms with Crippen molar-refractivity contribution in [3.8, 4) is 0 Å². The summed E-state index contributed by atoms with van der Waals surface area (Å²) in [7, 11) is 1.90. The molecule has 0 radical (unpaired) electrons. The number of benzene rings is 2. The number of halogens is 1. The van der Waals surface area contributed by atoms with Crippen LogP contribution in [0.4, 0.5) is 0 Å². The summed E-state index contributed by atoms with van der Waals surface area (Å²) in [6.45, 7) is 1.86. The van der Waals surface area contributed by atoms with Crippen LogP contribution in [-0.2, 0) is 4.79 Å². The summed E-state index contributed by atoms with van der Waals surface area (Å²) in [4.78, 5) is 41.6. The fourth-order valence-electron chi connectivity index (χ4n) is 4.43. The minimum absolute atomic E-state index is 0. The van der Waals surface area contributed by atoms with Crippen LogP contribution in [0.15, 0.2) is 36.4 Å². The molecule has 154 valence electrons. The van der Waals surface area contributed by atoms with Crippen LogP contribution in [0.1, 0.15) is 46.4 Å². The van der Waals surface area contributed by atoms with Crippen LogP contribution in [-0.4, -0.2) is 60.2 Å². The zero-order valence-electron chi connectivity index (χ0n) is 16.5. The van der Waals surface area contributed by atoms with E-state index in [1.54, 1.807) is 12.1 Å². The largest absolute Gasteiger partial charge is 0.338 e. The first-order chi connectivity index (χ1) is 13.6. The van der Waals surface area contributed by atoms with Crippen molar-refractivity contribution in [3.63, 3.8) is 0 Å². The molecule has 1 N–H and O–H groups in total. The first-order valence-corrected chi connectivity index (χ1v) is 9.94. The van der Waals surface area contributed by atoms with Crippen LogP contribution >= 0.6 is 12.4 Å². The topological polar surface area (TPSA) is 69.7 Å². The van der Waals surface area contributed by atoms with Gasteiger partial charge in [0.2, 0.25) is 5.91 Å². The summed E-state index contributed by atoms with van der Waals surface area (Å²) in [5, 5.41) is 4.78. The molecule has 0 aliphatic carbocycles. The van der Waals surface area contributed by atoms with E-state index in [0.717, 1.165) is 36.7 Å². The normalized spacial score (nSPS) is 18.3. The minimum atomic E-state index is -0.268. The number of nitrogens with zero attached hydrogens (tertiary/aromatic N) is 2. The van der Waals surface area contributed by atoms with Crippen LogP contribution < -0.4 is 5.32 Å². The van der Waals surface area contributed by atoms with E-state index in [4.69, 9.17) is 0 Å². The Morgan fingerprint density at radius 1 is 1.10 bits per heavy atom. The van der Waals surface area contributed by atoms with Crippen molar-refractivity contribution in [1.82, 2.24) is 15.1 Å². The van der Waals surface area contributed by atoms with Crippen molar-refractivity contribution in [3.05, 3.63) is 47.5 Å². The van der Waals surface area contributed by atoms with Crippen LogP contribution in [0, 0.1) is 0 Å². The van der Waals surface area contributed by atoms with E-state index in [9.17, 15) is 14.4 Å². The predicted molar refractivity (Wildman–Crippen MR) is 114 cm³/mol. The van der Waals surface area contributed by atoms with Crippen molar-refractivity contribution < 1.29 is 14.4 Å². The van der Waals surface area contributed by atoms with Gasteiger partial charge in [0.05, 0.1) is 0 Å². The second-order valence-corrected chi connectivity index (χ2v) is 7.52. The van der Waals surface area contributed by atoms with Gasteiger partial charge in [-0.2, -0.15) is 0 Å². The second-order valence-electron chi connectivity index (χ2n) is 7.52. The molecule has 0 bridgehead atoms. The maximum Gasteiger partial charge on any atom is 0.261 e. The highest BCUT2D eigenvalue weighted by molar-refractivity contribution is 6.25. The van der Waals surface area contributed by atoms with Crippen LogP contribution in [0.25, 0.3) is 10.8 Å². The van der Waals surface area contributed by atoms with Gasteiger partial charge in [-0.1, -0.05) is 24.3 Å². The Labute approximate surface area is 176 Å². The molecule has 2 aliphatic rings. The first-order valence-electron chi connectivity index (χ1n) is 9.94. The van der Waals surface area contributed by atoms with Crippen molar-refractivity contribution in [1.29, 1.82) is 0 Å². The van der Waals surface area contributed by atoms with Crippen LogP contribution in [0.3, 0.4) is 0 Å². The van der Waals surface area contributed by atoms with Crippen molar-refractivity contribution >= 4 is 40.9 Å². The number of imide groups is 1. The molecule has 1 fully saturated rings. The van der Waals surface area contributed by atoms with E-state index in [-0.39, 0.29) is 42.7 Å². The summed E-state index contributed by atoms with van der Waals surface area (Å²) < 4.78 is 0. The molecule has 29 heavy (non-hydrogen) atoms. The highest BCUT2D eigenvalue weighted by atomic mass is 35.5. The number of carbonyl (C=O) groups excluding carboxylic acids is 3. The number of carbonyl (C=O) groups is 3. The van der Waals surface area contributed by atoms with Gasteiger partial charge in [-0.25, -0.2) is 0 Å². The van der Waals surface area contributed by atoms with Gasteiger partial charge >= 0.3 is 0 Å². The number of likely N-dealkylation sites (N-methyl/N-ethyl adjacent to an activating group) is 1. The lowest BCUT2D eigenvalue weighted by molar-refractivity contribution is -0.132. The van der Waals surface area contributed by atoms with Crippen molar-refractivity contribution in [2.24, 2.45) is 0 Å². The fraction of sp³-hybridized carbons (Fsp3) is 0.409. The smallest absolute Gasteiger partial charge is 0.261 e. The van der Waals surface area contributed by atoms with E-state index in [1.807, 2.05) is 36.2 Å². The summed E-state index contributed by atoms with van der Waals surface area (Å²) in [5.74, 6) is -0.427. The van der Waals surface area contributed by atoms with Gasteiger partial charge in [-0.05, 0) is 43.8 Å². The van der Waals surface area contributed by atoms with Crippen molar-refractivity contribution in [2.45, 2.75) is 31.7 Å². The molecule has 2 heterocycles. The third-order valence-corrected chi connectivity index (χ3v) is 5.77.